The molecule has 6 nitrogen and oxygen atoms in total. The molecule has 134 valence electrons. The highest BCUT2D eigenvalue weighted by molar-refractivity contribution is 5.90. The van der Waals surface area contributed by atoms with Gasteiger partial charge in [0, 0.05) is 0 Å². The number of halogens is 1. The number of hydrogen-bond acceptors (Lipinski definition) is 5. The summed E-state index contributed by atoms with van der Waals surface area (Å²) in [5, 5.41) is 2.59. The monoisotopic (exact) mass is 357 g/mol. The molecule has 0 spiro atoms. The van der Waals surface area contributed by atoms with E-state index in [0.717, 1.165) is 0 Å². The Kier molecular flexibility index (Phi) is 5.17. The molecule has 0 aliphatic carbocycles. The van der Waals surface area contributed by atoms with Gasteiger partial charge in [0.1, 0.15) is 17.3 Å². The Bertz CT molecular complexity index is 900. The van der Waals surface area contributed by atoms with Gasteiger partial charge in [-0.05, 0) is 43.3 Å². The Morgan fingerprint density at radius 2 is 1.96 bits per heavy atom. The van der Waals surface area contributed by atoms with Gasteiger partial charge in [0.2, 0.25) is 5.76 Å². The van der Waals surface area contributed by atoms with Crippen molar-refractivity contribution in [1.29, 1.82) is 0 Å². The first kappa shape index (κ1) is 17.5. The van der Waals surface area contributed by atoms with E-state index in [1.807, 2.05) is 0 Å². The number of carbonyl (C=O) groups is 2. The fourth-order valence-corrected chi connectivity index (χ4v) is 2.26. The molecule has 0 radical (unpaired) electrons. The third kappa shape index (κ3) is 4.00. The van der Waals surface area contributed by atoms with Crippen LogP contribution in [0.3, 0.4) is 0 Å². The highest BCUT2D eigenvalue weighted by Crippen LogP contribution is 2.25. The molecule has 0 aliphatic rings. The van der Waals surface area contributed by atoms with Crippen LogP contribution in [-0.2, 0) is 16.1 Å². The topological polar surface area (TPSA) is 81.7 Å². The van der Waals surface area contributed by atoms with Crippen molar-refractivity contribution in [1.82, 2.24) is 5.32 Å². The number of rotatable bonds is 6. The van der Waals surface area contributed by atoms with Crippen LogP contribution in [0.2, 0.25) is 0 Å². The second kappa shape index (κ2) is 7.69. The molecule has 1 atom stereocenters. The zero-order valence-electron chi connectivity index (χ0n) is 13.9. The van der Waals surface area contributed by atoms with Crippen molar-refractivity contribution in [3.63, 3.8) is 0 Å². The van der Waals surface area contributed by atoms with E-state index in [1.165, 1.54) is 37.5 Å². The number of esters is 1. The van der Waals surface area contributed by atoms with Crippen LogP contribution in [-0.4, -0.2) is 18.0 Å². The molecule has 1 N–H and O–H groups in total. The minimum atomic E-state index is -1.03. The van der Waals surface area contributed by atoms with Crippen LogP contribution < -0.4 is 5.32 Å². The summed E-state index contributed by atoms with van der Waals surface area (Å²) < 4.78 is 29.3. The van der Waals surface area contributed by atoms with Gasteiger partial charge in [-0.25, -0.2) is 9.18 Å². The summed E-state index contributed by atoms with van der Waals surface area (Å²) in [5.41, 5.74) is 0.232. The molecule has 1 unspecified atom stereocenters. The number of ether oxygens (including phenoxy) is 1. The van der Waals surface area contributed by atoms with Crippen LogP contribution in [0.25, 0.3) is 11.3 Å². The fraction of sp³-hybridized carbons (Fsp3) is 0.158. The van der Waals surface area contributed by atoms with E-state index in [9.17, 15) is 14.0 Å². The standard InChI is InChI=1S/C19H16FNO5/c1-12(18(22)21-11-13-5-4-10-24-13)25-19(23)17-9-8-16(26-17)14-6-2-3-7-15(14)20/h2-10,12H,11H2,1H3,(H,21,22). The lowest BCUT2D eigenvalue weighted by atomic mass is 10.1. The minimum Gasteiger partial charge on any atom is -0.467 e. The molecule has 0 bridgehead atoms. The number of amides is 1. The molecule has 3 aromatic rings. The lowest BCUT2D eigenvalue weighted by Gasteiger charge is -2.12. The Morgan fingerprint density at radius 1 is 1.15 bits per heavy atom. The van der Waals surface area contributed by atoms with Crippen LogP contribution in [0, 0.1) is 5.82 Å². The maximum atomic E-state index is 13.8. The van der Waals surface area contributed by atoms with Gasteiger partial charge in [-0.2, -0.15) is 0 Å². The van der Waals surface area contributed by atoms with Crippen molar-refractivity contribution in [2.75, 3.05) is 0 Å². The lowest BCUT2D eigenvalue weighted by molar-refractivity contribution is -0.129. The van der Waals surface area contributed by atoms with Gasteiger partial charge >= 0.3 is 5.97 Å². The van der Waals surface area contributed by atoms with E-state index in [4.69, 9.17) is 13.6 Å². The first-order chi connectivity index (χ1) is 12.5. The van der Waals surface area contributed by atoms with Crippen LogP contribution in [0.4, 0.5) is 4.39 Å². The molecule has 0 saturated carbocycles. The molecule has 1 amide bonds. The molecule has 1 aromatic carbocycles. The van der Waals surface area contributed by atoms with Gasteiger partial charge in [0.05, 0.1) is 18.4 Å². The Balaban J connectivity index is 1.59. The summed E-state index contributed by atoms with van der Waals surface area (Å²) in [6.45, 7) is 1.63. The van der Waals surface area contributed by atoms with Gasteiger partial charge in [-0.3, -0.25) is 4.79 Å². The molecular formula is C19H16FNO5. The molecule has 3 rings (SSSR count). The van der Waals surface area contributed by atoms with Crippen molar-refractivity contribution in [2.45, 2.75) is 19.6 Å². The number of benzene rings is 1. The summed E-state index contributed by atoms with van der Waals surface area (Å²) >= 11 is 0. The largest absolute Gasteiger partial charge is 0.467 e. The number of furan rings is 2. The van der Waals surface area contributed by atoms with Crippen LogP contribution >= 0.6 is 0 Å². The number of hydrogen-bond donors (Lipinski definition) is 1. The van der Waals surface area contributed by atoms with Crippen molar-refractivity contribution in [2.24, 2.45) is 0 Å². The molecule has 0 aliphatic heterocycles. The molecule has 2 aromatic heterocycles. The summed E-state index contributed by atoms with van der Waals surface area (Å²) in [6.07, 6.45) is 0.467. The van der Waals surface area contributed by atoms with Gasteiger partial charge in [0.25, 0.3) is 5.91 Å². The second-order valence-corrected chi connectivity index (χ2v) is 5.49. The van der Waals surface area contributed by atoms with Gasteiger partial charge in [-0.1, -0.05) is 12.1 Å². The average molecular weight is 357 g/mol. The predicted octanol–water partition coefficient (Wildman–Crippen LogP) is 3.54. The SMILES string of the molecule is CC(OC(=O)c1ccc(-c2ccccc2F)o1)C(=O)NCc1ccco1. The van der Waals surface area contributed by atoms with E-state index < -0.39 is 23.8 Å². The van der Waals surface area contributed by atoms with Crippen molar-refractivity contribution >= 4 is 11.9 Å². The van der Waals surface area contributed by atoms with Crippen molar-refractivity contribution in [3.8, 4) is 11.3 Å². The minimum absolute atomic E-state index is 0.117. The predicted molar refractivity (Wildman–Crippen MR) is 89.5 cm³/mol. The first-order valence-corrected chi connectivity index (χ1v) is 7.90. The molecule has 26 heavy (non-hydrogen) atoms. The molecule has 2 heterocycles. The van der Waals surface area contributed by atoms with E-state index in [0.29, 0.717) is 5.76 Å². The zero-order valence-corrected chi connectivity index (χ0v) is 13.9. The van der Waals surface area contributed by atoms with Gasteiger partial charge < -0.3 is 18.9 Å². The quantitative estimate of drug-likeness (QED) is 0.683. The number of carbonyl (C=O) groups excluding carboxylic acids is 2. The Hall–Kier alpha value is -3.35. The smallest absolute Gasteiger partial charge is 0.375 e. The second-order valence-electron chi connectivity index (χ2n) is 5.49. The maximum Gasteiger partial charge on any atom is 0.375 e. The van der Waals surface area contributed by atoms with E-state index in [1.54, 1.807) is 24.3 Å². The van der Waals surface area contributed by atoms with E-state index >= 15 is 0 Å². The Labute approximate surface area is 148 Å². The molecular weight excluding hydrogens is 341 g/mol. The normalized spacial score (nSPS) is 11.8. The summed E-state index contributed by atoms with van der Waals surface area (Å²) in [5.74, 6) is -1.09. The molecule has 0 fully saturated rings. The third-order valence-electron chi connectivity index (χ3n) is 3.62. The summed E-state index contributed by atoms with van der Waals surface area (Å²) in [4.78, 5) is 24.1. The van der Waals surface area contributed by atoms with Gasteiger partial charge in [0.15, 0.2) is 6.10 Å². The van der Waals surface area contributed by atoms with E-state index in [2.05, 4.69) is 5.32 Å². The zero-order chi connectivity index (χ0) is 18.5. The maximum absolute atomic E-state index is 13.8. The van der Waals surface area contributed by atoms with Crippen molar-refractivity contribution < 1.29 is 27.6 Å². The third-order valence-corrected chi connectivity index (χ3v) is 3.62. The van der Waals surface area contributed by atoms with Gasteiger partial charge in [-0.15, -0.1) is 0 Å². The number of nitrogens with one attached hydrogen (secondary N) is 1. The van der Waals surface area contributed by atoms with Crippen LogP contribution in [0.15, 0.2) is 63.6 Å². The Morgan fingerprint density at radius 3 is 2.69 bits per heavy atom. The average Bonchev–Trinajstić information content (AvgIpc) is 3.31. The highest BCUT2D eigenvalue weighted by atomic mass is 19.1. The summed E-state index contributed by atoms with van der Waals surface area (Å²) in [6, 6.07) is 12.3. The van der Waals surface area contributed by atoms with E-state index in [-0.39, 0.29) is 23.6 Å². The summed E-state index contributed by atoms with van der Waals surface area (Å²) in [7, 11) is 0. The van der Waals surface area contributed by atoms with Crippen LogP contribution in [0.5, 0.6) is 0 Å². The first-order valence-electron chi connectivity index (χ1n) is 7.90. The van der Waals surface area contributed by atoms with Crippen LogP contribution in [0.1, 0.15) is 23.2 Å². The highest BCUT2D eigenvalue weighted by Gasteiger charge is 2.22. The van der Waals surface area contributed by atoms with Crippen molar-refractivity contribution in [3.05, 3.63) is 72.1 Å². The molecule has 7 heteroatoms. The molecule has 0 saturated heterocycles. The lowest BCUT2D eigenvalue weighted by Crippen LogP contribution is -2.35. The fourth-order valence-electron chi connectivity index (χ4n) is 2.26.